The fourth-order valence-corrected chi connectivity index (χ4v) is 2.74. The van der Waals surface area contributed by atoms with Crippen molar-refractivity contribution in [3.63, 3.8) is 0 Å². The first kappa shape index (κ1) is 13.8. The molecule has 1 aliphatic rings. The molecule has 0 unspecified atom stereocenters. The van der Waals surface area contributed by atoms with Crippen molar-refractivity contribution >= 4 is 11.6 Å². The van der Waals surface area contributed by atoms with Crippen molar-refractivity contribution in [3.05, 3.63) is 29.6 Å². The quantitative estimate of drug-likeness (QED) is 0.872. The van der Waals surface area contributed by atoms with Crippen LogP contribution in [-0.4, -0.2) is 25.0 Å². The number of nitrogens with two attached hydrogens (primary N) is 2. The number of halogens is 1. The summed E-state index contributed by atoms with van der Waals surface area (Å²) in [6.45, 7) is 0. The molecule has 0 radical (unpaired) electrons. The summed E-state index contributed by atoms with van der Waals surface area (Å²) >= 11 is 0. The molecule has 1 amide bonds. The van der Waals surface area contributed by atoms with Crippen LogP contribution in [0.5, 0.6) is 0 Å². The molecule has 5 heteroatoms. The van der Waals surface area contributed by atoms with Gasteiger partial charge in [-0.15, -0.1) is 0 Å². The molecule has 0 bridgehead atoms. The summed E-state index contributed by atoms with van der Waals surface area (Å²) in [4.78, 5) is 13.4. The molecule has 0 atom stereocenters. The molecular formula is C14H20FN3O. The van der Waals surface area contributed by atoms with Crippen molar-refractivity contribution in [3.8, 4) is 0 Å². The van der Waals surface area contributed by atoms with Crippen LogP contribution in [0.4, 0.5) is 10.1 Å². The second-order valence-electron chi connectivity index (χ2n) is 5.18. The highest BCUT2D eigenvalue weighted by atomic mass is 19.1. The third kappa shape index (κ3) is 2.87. The van der Waals surface area contributed by atoms with Crippen LogP contribution >= 0.6 is 0 Å². The number of anilines is 1. The van der Waals surface area contributed by atoms with Crippen LogP contribution in [0.25, 0.3) is 0 Å². The first-order valence-corrected chi connectivity index (χ1v) is 6.57. The monoisotopic (exact) mass is 265 g/mol. The van der Waals surface area contributed by atoms with Gasteiger partial charge in [0.1, 0.15) is 5.82 Å². The summed E-state index contributed by atoms with van der Waals surface area (Å²) in [7, 11) is 1.88. The van der Waals surface area contributed by atoms with Crippen LogP contribution in [0.15, 0.2) is 18.2 Å². The van der Waals surface area contributed by atoms with E-state index >= 15 is 0 Å². The highest BCUT2D eigenvalue weighted by molar-refractivity contribution is 5.99. The van der Waals surface area contributed by atoms with Gasteiger partial charge in [-0.2, -0.15) is 0 Å². The SMILES string of the molecule is CN(c1cccc(F)c1C(N)=O)C1CCC(N)CC1. The normalized spacial score (nSPS) is 23.1. The molecule has 4 nitrogen and oxygen atoms in total. The molecule has 4 N–H and O–H groups in total. The number of carbonyl (C=O) groups is 1. The molecule has 1 fully saturated rings. The number of hydrogen-bond acceptors (Lipinski definition) is 3. The fraction of sp³-hybridized carbons (Fsp3) is 0.500. The Kier molecular flexibility index (Phi) is 4.04. The Labute approximate surface area is 112 Å². The number of nitrogens with zero attached hydrogens (tertiary/aromatic N) is 1. The lowest BCUT2D eigenvalue weighted by Gasteiger charge is -2.35. The van der Waals surface area contributed by atoms with Gasteiger partial charge in [0, 0.05) is 19.1 Å². The molecule has 0 aliphatic heterocycles. The Morgan fingerprint density at radius 1 is 1.32 bits per heavy atom. The Morgan fingerprint density at radius 3 is 2.53 bits per heavy atom. The molecule has 1 aliphatic carbocycles. The van der Waals surface area contributed by atoms with Gasteiger partial charge in [0.2, 0.25) is 0 Å². The van der Waals surface area contributed by atoms with Gasteiger partial charge in [0.05, 0.1) is 11.3 Å². The molecule has 1 saturated carbocycles. The maximum atomic E-state index is 13.7. The van der Waals surface area contributed by atoms with E-state index in [1.54, 1.807) is 12.1 Å². The summed E-state index contributed by atoms with van der Waals surface area (Å²) in [5.74, 6) is -1.29. The summed E-state index contributed by atoms with van der Waals surface area (Å²) in [5, 5.41) is 0. The van der Waals surface area contributed by atoms with Crippen molar-refractivity contribution in [1.29, 1.82) is 0 Å². The zero-order valence-corrected chi connectivity index (χ0v) is 11.1. The number of carbonyl (C=O) groups excluding carboxylic acids is 1. The minimum absolute atomic E-state index is 0.0279. The van der Waals surface area contributed by atoms with Crippen LogP contribution in [0, 0.1) is 5.82 Å². The van der Waals surface area contributed by atoms with Crippen LogP contribution < -0.4 is 16.4 Å². The largest absolute Gasteiger partial charge is 0.371 e. The number of rotatable bonds is 3. The Balaban J connectivity index is 2.26. The molecular weight excluding hydrogens is 245 g/mol. The fourth-order valence-electron chi connectivity index (χ4n) is 2.74. The first-order chi connectivity index (χ1) is 9.00. The second kappa shape index (κ2) is 5.57. The zero-order valence-electron chi connectivity index (χ0n) is 11.1. The van der Waals surface area contributed by atoms with E-state index < -0.39 is 11.7 Å². The van der Waals surface area contributed by atoms with E-state index in [4.69, 9.17) is 11.5 Å². The van der Waals surface area contributed by atoms with E-state index in [0.29, 0.717) is 5.69 Å². The van der Waals surface area contributed by atoms with Crippen LogP contribution in [-0.2, 0) is 0 Å². The van der Waals surface area contributed by atoms with Crippen molar-refractivity contribution in [2.24, 2.45) is 11.5 Å². The predicted molar refractivity (Wildman–Crippen MR) is 73.6 cm³/mol. The highest BCUT2D eigenvalue weighted by Crippen LogP contribution is 2.29. The first-order valence-electron chi connectivity index (χ1n) is 6.57. The van der Waals surface area contributed by atoms with E-state index in [2.05, 4.69) is 0 Å². The average molecular weight is 265 g/mol. The van der Waals surface area contributed by atoms with Gasteiger partial charge in [0.15, 0.2) is 0 Å². The summed E-state index contributed by atoms with van der Waals surface area (Å²) in [5.41, 5.74) is 11.7. The number of amides is 1. The molecule has 0 saturated heterocycles. The van der Waals surface area contributed by atoms with Gasteiger partial charge in [-0.05, 0) is 37.8 Å². The van der Waals surface area contributed by atoms with E-state index in [0.717, 1.165) is 25.7 Å². The minimum Gasteiger partial charge on any atom is -0.371 e. The van der Waals surface area contributed by atoms with Gasteiger partial charge < -0.3 is 16.4 Å². The topological polar surface area (TPSA) is 72.3 Å². The molecule has 0 heterocycles. The highest BCUT2D eigenvalue weighted by Gasteiger charge is 2.25. The molecule has 19 heavy (non-hydrogen) atoms. The molecule has 2 rings (SSSR count). The molecule has 0 spiro atoms. The molecule has 1 aromatic rings. The lowest BCUT2D eigenvalue weighted by molar-refractivity contribution is 0.0997. The molecule has 0 aromatic heterocycles. The second-order valence-corrected chi connectivity index (χ2v) is 5.18. The van der Waals surface area contributed by atoms with Crippen LogP contribution in [0.3, 0.4) is 0 Å². The Hall–Kier alpha value is -1.62. The van der Waals surface area contributed by atoms with E-state index in [-0.39, 0.29) is 17.6 Å². The number of primary amides is 1. The van der Waals surface area contributed by atoms with Crippen molar-refractivity contribution in [2.45, 2.75) is 37.8 Å². The maximum absolute atomic E-state index is 13.7. The lowest BCUT2D eigenvalue weighted by Crippen LogP contribution is -2.39. The third-order valence-corrected chi connectivity index (χ3v) is 3.91. The Morgan fingerprint density at radius 2 is 1.95 bits per heavy atom. The Bertz CT molecular complexity index is 470. The van der Waals surface area contributed by atoms with Gasteiger partial charge in [0.25, 0.3) is 5.91 Å². The number of hydrogen-bond donors (Lipinski definition) is 2. The molecule has 104 valence electrons. The van der Waals surface area contributed by atoms with Gasteiger partial charge in [-0.3, -0.25) is 4.79 Å². The van der Waals surface area contributed by atoms with Crippen molar-refractivity contribution in [2.75, 3.05) is 11.9 Å². The van der Waals surface area contributed by atoms with E-state index in [9.17, 15) is 9.18 Å². The van der Waals surface area contributed by atoms with E-state index in [1.165, 1.54) is 6.07 Å². The standard InChI is InChI=1S/C14H20FN3O/c1-18(10-7-5-9(16)6-8-10)12-4-2-3-11(15)13(12)14(17)19/h2-4,9-10H,5-8,16H2,1H3,(H2,17,19). The van der Waals surface area contributed by atoms with E-state index in [1.807, 2.05) is 11.9 Å². The van der Waals surface area contributed by atoms with Gasteiger partial charge in [-0.25, -0.2) is 4.39 Å². The van der Waals surface area contributed by atoms with Gasteiger partial charge >= 0.3 is 0 Å². The summed E-state index contributed by atoms with van der Waals surface area (Å²) in [6.07, 6.45) is 3.81. The van der Waals surface area contributed by atoms with Crippen LogP contribution in [0.1, 0.15) is 36.0 Å². The number of benzene rings is 1. The summed E-state index contributed by atoms with van der Waals surface area (Å²) < 4.78 is 13.7. The smallest absolute Gasteiger partial charge is 0.253 e. The predicted octanol–water partition coefficient (Wildman–Crippen LogP) is 1.63. The van der Waals surface area contributed by atoms with Crippen molar-refractivity contribution in [1.82, 2.24) is 0 Å². The zero-order chi connectivity index (χ0) is 14.0. The lowest BCUT2D eigenvalue weighted by atomic mass is 9.90. The molecule has 1 aromatic carbocycles. The van der Waals surface area contributed by atoms with Gasteiger partial charge in [-0.1, -0.05) is 6.07 Å². The summed E-state index contributed by atoms with van der Waals surface area (Å²) in [6, 6.07) is 5.13. The van der Waals surface area contributed by atoms with Crippen LogP contribution in [0.2, 0.25) is 0 Å². The maximum Gasteiger partial charge on any atom is 0.253 e. The van der Waals surface area contributed by atoms with Crippen molar-refractivity contribution < 1.29 is 9.18 Å². The average Bonchev–Trinajstić information content (AvgIpc) is 2.38. The third-order valence-electron chi connectivity index (χ3n) is 3.91. The minimum atomic E-state index is -0.729.